The van der Waals surface area contributed by atoms with E-state index in [9.17, 15) is 0 Å². The van der Waals surface area contributed by atoms with Crippen LogP contribution in [0.15, 0.2) is 60.7 Å². The van der Waals surface area contributed by atoms with Crippen LogP contribution in [-0.2, 0) is 9.47 Å². The minimum atomic E-state index is 0.189. The van der Waals surface area contributed by atoms with Crippen LogP contribution >= 0.6 is 0 Å². The summed E-state index contributed by atoms with van der Waals surface area (Å²) in [6, 6.07) is 17.2. The van der Waals surface area contributed by atoms with Gasteiger partial charge in [0.15, 0.2) is 0 Å². The van der Waals surface area contributed by atoms with Crippen molar-refractivity contribution in [1.82, 2.24) is 0 Å². The second-order valence-electron chi connectivity index (χ2n) is 10.8. The molecular formula is C32H38O4. The normalized spacial score (nSPS) is 25.1. The lowest BCUT2D eigenvalue weighted by molar-refractivity contribution is 0.0853. The smallest absolute Gasteiger partial charge is 0.130 e. The molecule has 2 saturated heterocycles. The molecular weight excluding hydrogens is 448 g/mol. The van der Waals surface area contributed by atoms with Gasteiger partial charge in [0.05, 0.1) is 13.2 Å². The van der Waals surface area contributed by atoms with Crippen LogP contribution in [0.2, 0.25) is 0 Å². The average molecular weight is 487 g/mol. The van der Waals surface area contributed by atoms with Gasteiger partial charge in [-0.3, -0.25) is 0 Å². The van der Waals surface area contributed by atoms with Gasteiger partial charge in [0, 0.05) is 0 Å². The fraction of sp³-hybridized carbons (Fsp3) is 0.500. The minimum absolute atomic E-state index is 0.189. The van der Waals surface area contributed by atoms with Crippen LogP contribution < -0.4 is 9.47 Å². The third kappa shape index (κ3) is 6.22. The molecule has 0 N–H and O–H groups in total. The van der Waals surface area contributed by atoms with Crippen molar-refractivity contribution in [3.8, 4) is 11.5 Å². The van der Waals surface area contributed by atoms with Crippen molar-refractivity contribution in [2.24, 2.45) is 5.92 Å². The van der Waals surface area contributed by atoms with Gasteiger partial charge in [0.2, 0.25) is 0 Å². The number of rotatable bonds is 9. The predicted molar refractivity (Wildman–Crippen MR) is 143 cm³/mol. The molecule has 3 atom stereocenters. The van der Waals surface area contributed by atoms with Gasteiger partial charge >= 0.3 is 0 Å². The highest BCUT2D eigenvalue weighted by Gasteiger charge is 2.39. The van der Waals surface area contributed by atoms with E-state index in [0.29, 0.717) is 12.5 Å². The van der Waals surface area contributed by atoms with Crippen LogP contribution in [0.4, 0.5) is 0 Å². The van der Waals surface area contributed by atoms with Crippen molar-refractivity contribution in [3.05, 3.63) is 71.8 Å². The summed E-state index contributed by atoms with van der Waals surface area (Å²) in [5, 5.41) is 0. The summed E-state index contributed by atoms with van der Waals surface area (Å²) in [7, 11) is 0. The summed E-state index contributed by atoms with van der Waals surface area (Å²) in [5.41, 5.74) is 5.28. The summed E-state index contributed by atoms with van der Waals surface area (Å²) < 4.78 is 23.4. The minimum Gasteiger partial charge on any atom is -0.491 e. The Morgan fingerprint density at radius 1 is 0.750 bits per heavy atom. The van der Waals surface area contributed by atoms with Crippen molar-refractivity contribution in [3.63, 3.8) is 0 Å². The Labute approximate surface area is 215 Å². The Morgan fingerprint density at radius 3 is 2.11 bits per heavy atom. The maximum Gasteiger partial charge on any atom is 0.130 e. The van der Waals surface area contributed by atoms with E-state index >= 15 is 0 Å². The van der Waals surface area contributed by atoms with Gasteiger partial charge in [-0.15, -0.1) is 0 Å². The molecule has 2 aromatic rings. The first-order chi connectivity index (χ1) is 17.8. The zero-order valence-electron chi connectivity index (χ0n) is 21.2. The van der Waals surface area contributed by atoms with Crippen LogP contribution in [-0.4, -0.2) is 38.1 Å². The second kappa shape index (κ2) is 11.2. The standard InChI is InChI=1S/C32H38O4/c1-2-4-7-26(8-5-3-1)32(31-22-35-31)36-29-10-6-9-27(19-29)25-13-11-23(12-14-25)24-15-17-28(18-16-24)33-20-30-21-34-30/h6,9-11,13,15-19,26,30-32H,1-5,7-8,12,14,20-22H2. The van der Waals surface area contributed by atoms with Crippen molar-refractivity contribution in [1.29, 1.82) is 0 Å². The zero-order valence-corrected chi connectivity index (χ0v) is 21.2. The highest BCUT2D eigenvalue weighted by Crippen LogP contribution is 2.36. The number of epoxide rings is 2. The Kier molecular flexibility index (Phi) is 7.43. The highest BCUT2D eigenvalue weighted by molar-refractivity contribution is 5.78. The molecule has 2 aliphatic carbocycles. The molecule has 0 bridgehead atoms. The fourth-order valence-corrected chi connectivity index (χ4v) is 5.70. The summed E-state index contributed by atoms with van der Waals surface area (Å²) in [6.45, 7) is 2.32. The van der Waals surface area contributed by atoms with E-state index in [1.54, 1.807) is 0 Å². The van der Waals surface area contributed by atoms with Gasteiger partial charge in [-0.25, -0.2) is 0 Å². The van der Waals surface area contributed by atoms with Crippen molar-refractivity contribution >= 4 is 11.1 Å². The molecule has 4 aliphatic rings. The van der Waals surface area contributed by atoms with Crippen LogP contribution in [0.1, 0.15) is 68.9 Å². The molecule has 3 fully saturated rings. The summed E-state index contributed by atoms with van der Waals surface area (Å²) in [4.78, 5) is 0. The molecule has 2 heterocycles. The monoisotopic (exact) mass is 486 g/mol. The van der Waals surface area contributed by atoms with Crippen LogP contribution in [0.3, 0.4) is 0 Å². The van der Waals surface area contributed by atoms with E-state index in [-0.39, 0.29) is 18.3 Å². The lowest BCUT2D eigenvalue weighted by Crippen LogP contribution is -2.33. The van der Waals surface area contributed by atoms with E-state index in [4.69, 9.17) is 18.9 Å². The van der Waals surface area contributed by atoms with E-state index < -0.39 is 0 Å². The zero-order chi connectivity index (χ0) is 24.2. The van der Waals surface area contributed by atoms with Crippen molar-refractivity contribution < 1.29 is 18.9 Å². The number of hydrogen-bond donors (Lipinski definition) is 0. The Morgan fingerprint density at radius 2 is 1.44 bits per heavy atom. The number of benzene rings is 2. The van der Waals surface area contributed by atoms with Crippen LogP contribution in [0.25, 0.3) is 11.1 Å². The Bertz CT molecular complexity index is 1070. The Hall–Kier alpha value is -2.56. The van der Waals surface area contributed by atoms with E-state index in [1.807, 2.05) is 0 Å². The molecule has 0 amide bonds. The first kappa shape index (κ1) is 23.8. The highest BCUT2D eigenvalue weighted by atomic mass is 16.6. The predicted octanol–water partition coefficient (Wildman–Crippen LogP) is 7.23. The maximum absolute atomic E-state index is 6.66. The lowest BCUT2D eigenvalue weighted by Gasteiger charge is -2.28. The molecule has 0 aromatic heterocycles. The van der Waals surface area contributed by atoms with Gasteiger partial charge in [-0.2, -0.15) is 0 Å². The quantitative estimate of drug-likeness (QED) is 0.351. The number of hydrogen-bond acceptors (Lipinski definition) is 4. The molecule has 2 aliphatic heterocycles. The van der Waals surface area contributed by atoms with Gasteiger partial charge in [0.1, 0.15) is 36.4 Å². The third-order valence-electron chi connectivity index (χ3n) is 8.03. The van der Waals surface area contributed by atoms with Crippen LogP contribution in [0, 0.1) is 5.92 Å². The van der Waals surface area contributed by atoms with Crippen molar-refractivity contribution in [2.45, 2.75) is 76.1 Å². The molecule has 2 aromatic carbocycles. The molecule has 190 valence electrons. The Balaban J connectivity index is 1.11. The van der Waals surface area contributed by atoms with Gasteiger partial charge in [-0.1, -0.05) is 68.5 Å². The summed E-state index contributed by atoms with van der Waals surface area (Å²) >= 11 is 0. The molecule has 4 heteroatoms. The first-order valence-electron chi connectivity index (χ1n) is 13.9. The topological polar surface area (TPSA) is 43.5 Å². The average Bonchev–Trinajstić information content (AvgIpc) is 3.82. The van der Waals surface area contributed by atoms with E-state index in [0.717, 1.165) is 37.6 Å². The largest absolute Gasteiger partial charge is 0.491 e. The van der Waals surface area contributed by atoms with Gasteiger partial charge < -0.3 is 18.9 Å². The molecule has 4 nitrogen and oxygen atoms in total. The fourth-order valence-electron chi connectivity index (χ4n) is 5.70. The first-order valence-corrected chi connectivity index (χ1v) is 13.9. The number of ether oxygens (including phenoxy) is 4. The SMILES string of the molecule is C1=C(c2ccc(OCC3CO3)cc2)CCC(c2cccc(OC(C3CCCCCCC3)C3CO3)c2)=C1. The summed E-state index contributed by atoms with van der Waals surface area (Å²) in [6.07, 6.45) is 16.7. The maximum atomic E-state index is 6.66. The van der Waals surface area contributed by atoms with E-state index in [1.165, 1.54) is 67.2 Å². The van der Waals surface area contributed by atoms with Crippen molar-refractivity contribution in [2.75, 3.05) is 19.8 Å². The molecule has 1 saturated carbocycles. The third-order valence-corrected chi connectivity index (χ3v) is 8.03. The lowest BCUT2D eigenvalue weighted by atomic mass is 9.86. The number of allylic oxidation sites excluding steroid dienone is 4. The molecule has 3 unspecified atom stereocenters. The molecule has 36 heavy (non-hydrogen) atoms. The molecule has 0 spiro atoms. The summed E-state index contributed by atoms with van der Waals surface area (Å²) in [5.74, 6) is 2.51. The van der Waals surface area contributed by atoms with Crippen LogP contribution in [0.5, 0.6) is 11.5 Å². The molecule has 0 radical (unpaired) electrons. The van der Waals surface area contributed by atoms with Gasteiger partial charge in [0.25, 0.3) is 0 Å². The van der Waals surface area contributed by atoms with Gasteiger partial charge in [-0.05, 0) is 78.1 Å². The molecule has 6 rings (SSSR count). The second-order valence-corrected chi connectivity index (χ2v) is 10.8. The van der Waals surface area contributed by atoms with E-state index in [2.05, 4.69) is 60.7 Å².